The highest BCUT2D eigenvalue weighted by molar-refractivity contribution is 6.76. The molecule has 0 unspecified atom stereocenters. The zero-order valence-electron chi connectivity index (χ0n) is 11.1. The van der Waals surface area contributed by atoms with E-state index in [2.05, 4.69) is 25.7 Å². The van der Waals surface area contributed by atoms with Crippen LogP contribution in [-0.2, 0) is 0 Å². The lowest BCUT2D eigenvalue weighted by Crippen LogP contribution is -2.18. The molecule has 0 heterocycles. The highest BCUT2D eigenvalue weighted by atomic mass is 28.4. The third-order valence-electron chi connectivity index (χ3n) is 1.82. The first kappa shape index (κ1) is 17.7. The molecule has 0 aliphatic rings. The maximum absolute atomic E-state index is 12.6. The van der Waals surface area contributed by atoms with Crippen molar-refractivity contribution in [1.82, 2.24) is 0 Å². The van der Waals surface area contributed by atoms with Gasteiger partial charge in [-0.1, -0.05) is 19.6 Å². The Morgan fingerprint density at radius 2 is 1.25 bits per heavy atom. The lowest BCUT2D eigenvalue weighted by Gasteiger charge is -2.11. The van der Waals surface area contributed by atoms with Crippen LogP contribution in [0, 0.1) is 22.7 Å². The molecule has 0 aromatic rings. The first-order chi connectivity index (χ1) is 7.12. The van der Waals surface area contributed by atoms with Crippen molar-refractivity contribution in [2.75, 3.05) is 0 Å². The van der Waals surface area contributed by atoms with Crippen molar-refractivity contribution in [2.24, 2.45) is 0 Å². The van der Waals surface area contributed by atoms with E-state index in [1.54, 1.807) is 13.1 Å². The summed E-state index contributed by atoms with van der Waals surface area (Å²) in [6.45, 7) is 10.1. The number of nitrogens with zero attached hydrogens (tertiary/aromatic N) is 2. The number of hydrogen-bond donors (Lipinski definition) is 0. The Morgan fingerprint density at radius 1 is 0.875 bits per heavy atom. The monoisotopic (exact) mass is 258 g/mol. The van der Waals surface area contributed by atoms with Gasteiger partial charge in [0.15, 0.2) is 0 Å². The quantitative estimate of drug-likeness (QED) is 0.557. The molecule has 0 aliphatic carbocycles. The molecule has 0 saturated heterocycles. The minimum atomic E-state index is -2.40. The summed E-state index contributed by atoms with van der Waals surface area (Å²) in [6.07, 6.45) is 1.12. The smallest absolute Gasteiger partial charge is 0.241 e. The number of hydrogen-bond acceptors (Lipinski definition) is 2. The highest BCUT2D eigenvalue weighted by Gasteiger charge is 2.18. The van der Waals surface area contributed by atoms with Gasteiger partial charge >= 0.3 is 0 Å². The fourth-order valence-electron chi connectivity index (χ4n) is 0.784. The van der Waals surface area contributed by atoms with Crippen LogP contribution >= 0.6 is 0 Å². The number of rotatable bonds is 4. The molecular formula is C11H23FN2Si2. The van der Waals surface area contributed by atoms with Gasteiger partial charge in [0.1, 0.15) is 0 Å². The Hall–Kier alpha value is -0.656. The van der Waals surface area contributed by atoms with E-state index in [9.17, 15) is 4.11 Å². The van der Waals surface area contributed by atoms with Gasteiger partial charge in [-0.2, -0.15) is 10.5 Å². The molecule has 92 valence electrons. The normalized spacial score (nSPS) is 10.8. The van der Waals surface area contributed by atoms with Crippen molar-refractivity contribution >= 4 is 16.5 Å². The Balaban J connectivity index is 0. The molecule has 0 N–H and O–H groups in total. The fourth-order valence-corrected chi connectivity index (χ4v) is 2.35. The van der Waals surface area contributed by atoms with Crippen LogP contribution in [0.15, 0.2) is 0 Å². The second-order valence-corrected chi connectivity index (χ2v) is 15.2. The molecule has 0 bridgehead atoms. The summed E-state index contributed by atoms with van der Waals surface area (Å²) in [7, 11) is -3.30. The maximum Gasteiger partial charge on any atom is 0.241 e. The van der Waals surface area contributed by atoms with Gasteiger partial charge in [0.05, 0.1) is 12.1 Å². The van der Waals surface area contributed by atoms with Gasteiger partial charge in [-0.25, -0.2) is 0 Å². The van der Waals surface area contributed by atoms with Crippen LogP contribution in [0.25, 0.3) is 0 Å². The zero-order valence-corrected chi connectivity index (χ0v) is 13.1. The van der Waals surface area contributed by atoms with Crippen LogP contribution < -0.4 is 0 Å². The summed E-state index contributed by atoms with van der Waals surface area (Å²) < 4.78 is 12.6. The van der Waals surface area contributed by atoms with E-state index >= 15 is 0 Å². The summed E-state index contributed by atoms with van der Waals surface area (Å²) in [5, 5.41) is 16.2. The molecule has 0 spiro atoms. The Kier molecular flexibility index (Phi) is 9.41. The predicted molar refractivity (Wildman–Crippen MR) is 72.0 cm³/mol. The van der Waals surface area contributed by atoms with E-state index in [1.807, 2.05) is 6.07 Å². The minimum absolute atomic E-state index is 0.371. The van der Waals surface area contributed by atoms with Crippen molar-refractivity contribution in [3.05, 3.63) is 0 Å². The van der Waals surface area contributed by atoms with Crippen molar-refractivity contribution in [2.45, 2.75) is 57.7 Å². The van der Waals surface area contributed by atoms with Gasteiger partial charge in [0.25, 0.3) is 0 Å². The second kappa shape index (κ2) is 8.49. The van der Waals surface area contributed by atoms with Gasteiger partial charge in [-0.3, -0.25) is 0 Å². The van der Waals surface area contributed by atoms with E-state index < -0.39 is 16.5 Å². The standard InChI is InChI=1S/C6H13NSi.C5H10FNSi/c1-8(2,3)6-4-5-7;1-8(2,6)5-3-4-7/h4,6H2,1-3H3;3,5H2,1-2H3. The minimum Gasteiger partial charge on any atom is -0.314 e. The summed E-state index contributed by atoms with van der Waals surface area (Å²) in [5.74, 6) is 0. The molecule has 0 aromatic carbocycles. The van der Waals surface area contributed by atoms with E-state index in [4.69, 9.17) is 10.5 Å². The molecule has 16 heavy (non-hydrogen) atoms. The van der Waals surface area contributed by atoms with E-state index in [1.165, 1.54) is 0 Å². The first-order valence-electron chi connectivity index (χ1n) is 5.55. The zero-order chi connectivity index (χ0) is 13.2. The fraction of sp³-hybridized carbons (Fsp3) is 0.818. The summed E-state index contributed by atoms with van der Waals surface area (Å²) >= 11 is 0. The predicted octanol–water partition coefficient (Wildman–Crippen LogP) is 4.31. The van der Waals surface area contributed by atoms with Crippen LogP contribution in [0.5, 0.6) is 0 Å². The van der Waals surface area contributed by atoms with Gasteiger partial charge in [0, 0.05) is 20.9 Å². The topological polar surface area (TPSA) is 47.6 Å². The largest absolute Gasteiger partial charge is 0.314 e. The van der Waals surface area contributed by atoms with Crippen LogP contribution in [0.1, 0.15) is 12.8 Å². The average molecular weight is 258 g/mol. The summed E-state index contributed by atoms with van der Waals surface area (Å²) in [4.78, 5) is 0. The van der Waals surface area contributed by atoms with E-state index in [0.717, 1.165) is 12.5 Å². The summed E-state index contributed by atoms with van der Waals surface area (Å²) in [5.41, 5.74) is 0. The SMILES string of the molecule is C[Si](C)(C)CCC#N.C[Si](C)(F)CCC#N. The molecule has 0 saturated carbocycles. The molecular weight excluding hydrogens is 235 g/mol. The van der Waals surface area contributed by atoms with Gasteiger partial charge < -0.3 is 4.11 Å². The lowest BCUT2D eigenvalue weighted by molar-refractivity contribution is 0.783. The molecule has 0 aromatic heterocycles. The van der Waals surface area contributed by atoms with Crippen molar-refractivity contribution in [3.8, 4) is 12.1 Å². The van der Waals surface area contributed by atoms with Crippen molar-refractivity contribution in [1.29, 1.82) is 10.5 Å². The van der Waals surface area contributed by atoms with Crippen LogP contribution in [0.2, 0.25) is 44.8 Å². The second-order valence-electron chi connectivity index (χ2n) is 5.60. The molecule has 0 rings (SSSR count). The van der Waals surface area contributed by atoms with E-state index in [0.29, 0.717) is 12.5 Å². The molecule has 0 atom stereocenters. The first-order valence-corrected chi connectivity index (χ1v) is 12.3. The molecule has 0 radical (unpaired) electrons. The highest BCUT2D eigenvalue weighted by Crippen LogP contribution is 2.11. The van der Waals surface area contributed by atoms with Crippen LogP contribution in [0.3, 0.4) is 0 Å². The van der Waals surface area contributed by atoms with Crippen LogP contribution in [-0.4, -0.2) is 16.5 Å². The Morgan fingerprint density at radius 3 is 1.38 bits per heavy atom. The number of nitriles is 2. The molecule has 0 amide bonds. The number of halogens is 1. The van der Waals surface area contributed by atoms with Crippen molar-refractivity contribution in [3.63, 3.8) is 0 Å². The van der Waals surface area contributed by atoms with Gasteiger partial charge in [-0.05, 0) is 25.2 Å². The molecule has 0 fully saturated rings. The summed E-state index contributed by atoms with van der Waals surface area (Å²) in [6, 6.07) is 5.70. The third kappa shape index (κ3) is 23.3. The molecule has 0 aliphatic heterocycles. The van der Waals surface area contributed by atoms with Crippen molar-refractivity contribution < 1.29 is 4.11 Å². The Labute approximate surface area is 101 Å². The van der Waals surface area contributed by atoms with Gasteiger partial charge in [0.2, 0.25) is 8.41 Å². The molecule has 5 heteroatoms. The Bertz CT molecular complexity index is 225. The van der Waals surface area contributed by atoms with Gasteiger partial charge in [-0.15, -0.1) is 0 Å². The van der Waals surface area contributed by atoms with Crippen LogP contribution in [0.4, 0.5) is 4.11 Å². The maximum atomic E-state index is 12.6. The average Bonchev–Trinajstić information content (AvgIpc) is 2.10. The molecule has 2 nitrogen and oxygen atoms in total. The van der Waals surface area contributed by atoms with E-state index in [-0.39, 0.29) is 0 Å². The third-order valence-corrected chi connectivity index (χ3v) is 5.01. The lowest BCUT2D eigenvalue weighted by atomic mass is 10.6.